The van der Waals surface area contributed by atoms with Crippen LogP contribution in [0, 0.1) is 11.3 Å². The van der Waals surface area contributed by atoms with Gasteiger partial charge in [0.05, 0.1) is 17.7 Å². The number of nitrogens with zero attached hydrogens (tertiary/aromatic N) is 4. The van der Waals surface area contributed by atoms with E-state index in [-0.39, 0.29) is 0 Å². The van der Waals surface area contributed by atoms with Crippen molar-refractivity contribution in [1.29, 1.82) is 5.26 Å². The van der Waals surface area contributed by atoms with Gasteiger partial charge in [0.25, 0.3) is 0 Å². The standard InChI is InChI=1S/C20H19N7O3/c1-20(2)17(28)16(14-9-11(10-21)3-8-15(14)30-20)23-19(29)22-13-6-4-12(5-7-13)18-24-26-27-25-18/h3-9,16-17,28H,1-2H3,(H2,22,23,29)(H,24,25,26,27). The van der Waals surface area contributed by atoms with E-state index in [0.717, 1.165) is 5.56 Å². The van der Waals surface area contributed by atoms with Crippen molar-refractivity contribution in [1.82, 2.24) is 25.9 Å². The minimum Gasteiger partial charge on any atom is -0.485 e. The average Bonchev–Trinajstić information content (AvgIpc) is 3.26. The van der Waals surface area contributed by atoms with Crippen LogP contribution in [-0.4, -0.2) is 43.5 Å². The van der Waals surface area contributed by atoms with E-state index in [1.807, 2.05) is 0 Å². The lowest BCUT2D eigenvalue weighted by Gasteiger charge is -2.42. The predicted molar refractivity (Wildman–Crippen MR) is 106 cm³/mol. The number of anilines is 1. The van der Waals surface area contributed by atoms with E-state index in [9.17, 15) is 15.2 Å². The first-order valence-corrected chi connectivity index (χ1v) is 9.20. The van der Waals surface area contributed by atoms with Gasteiger partial charge in [-0.05, 0) is 61.5 Å². The van der Waals surface area contributed by atoms with Gasteiger partial charge in [0, 0.05) is 16.8 Å². The second kappa shape index (κ2) is 7.46. The molecule has 1 aromatic heterocycles. The Morgan fingerprint density at radius 2 is 2.03 bits per heavy atom. The second-order valence-electron chi connectivity index (χ2n) is 7.40. The Morgan fingerprint density at radius 1 is 1.27 bits per heavy atom. The fraction of sp³-hybridized carbons (Fsp3) is 0.250. The van der Waals surface area contributed by atoms with Gasteiger partial charge in [0.1, 0.15) is 17.5 Å². The molecule has 0 spiro atoms. The third-order valence-electron chi connectivity index (χ3n) is 4.91. The van der Waals surface area contributed by atoms with Gasteiger partial charge in [-0.1, -0.05) is 0 Å². The van der Waals surface area contributed by atoms with Crippen molar-refractivity contribution in [3.05, 3.63) is 53.6 Å². The number of aromatic amines is 1. The lowest BCUT2D eigenvalue weighted by atomic mass is 9.86. The summed E-state index contributed by atoms with van der Waals surface area (Å²) in [4.78, 5) is 12.6. The van der Waals surface area contributed by atoms with Gasteiger partial charge < -0.3 is 20.5 Å². The molecule has 0 fully saturated rings. The number of carbonyl (C=O) groups is 1. The van der Waals surface area contributed by atoms with Crippen LogP contribution in [-0.2, 0) is 0 Å². The molecule has 10 heteroatoms. The van der Waals surface area contributed by atoms with Crippen molar-refractivity contribution in [2.75, 3.05) is 5.32 Å². The Balaban J connectivity index is 1.53. The number of amides is 2. The van der Waals surface area contributed by atoms with Gasteiger partial charge in [-0.3, -0.25) is 0 Å². The minimum absolute atomic E-state index is 0.411. The number of ether oxygens (including phenoxy) is 1. The summed E-state index contributed by atoms with van der Waals surface area (Å²) < 4.78 is 5.86. The number of benzene rings is 2. The summed E-state index contributed by atoms with van der Waals surface area (Å²) in [6, 6.07) is 12.6. The Bertz CT molecular complexity index is 1100. The highest BCUT2D eigenvalue weighted by Gasteiger charge is 2.43. The number of H-pyrrole nitrogens is 1. The van der Waals surface area contributed by atoms with Crippen LogP contribution in [0.1, 0.15) is 31.0 Å². The highest BCUT2D eigenvalue weighted by Crippen LogP contribution is 2.40. The molecule has 1 aliphatic heterocycles. The van der Waals surface area contributed by atoms with Crippen LogP contribution < -0.4 is 15.4 Å². The van der Waals surface area contributed by atoms with Crippen molar-refractivity contribution >= 4 is 11.7 Å². The topological polar surface area (TPSA) is 149 Å². The monoisotopic (exact) mass is 405 g/mol. The van der Waals surface area contributed by atoms with Crippen LogP contribution in [0.4, 0.5) is 10.5 Å². The van der Waals surface area contributed by atoms with Crippen molar-refractivity contribution < 1.29 is 14.6 Å². The quantitative estimate of drug-likeness (QED) is 0.521. The fourth-order valence-electron chi connectivity index (χ4n) is 3.32. The number of rotatable bonds is 3. The molecule has 3 aromatic rings. The van der Waals surface area contributed by atoms with E-state index in [1.54, 1.807) is 56.3 Å². The SMILES string of the molecule is CC1(C)Oc2ccc(C#N)cc2C(NC(=O)Nc2ccc(-c3nn[nH]n3)cc2)C1O. The van der Waals surface area contributed by atoms with Crippen LogP contribution >= 0.6 is 0 Å². The third kappa shape index (κ3) is 3.66. The van der Waals surface area contributed by atoms with E-state index in [0.29, 0.717) is 28.4 Å². The molecule has 2 unspecified atom stereocenters. The van der Waals surface area contributed by atoms with Gasteiger partial charge in [0.2, 0.25) is 5.82 Å². The van der Waals surface area contributed by atoms with Crippen molar-refractivity contribution in [3.8, 4) is 23.2 Å². The molecule has 2 amide bonds. The maximum Gasteiger partial charge on any atom is 0.319 e. The zero-order chi connectivity index (χ0) is 21.3. The summed E-state index contributed by atoms with van der Waals surface area (Å²) in [5, 5.41) is 39.2. The Hall–Kier alpha value is -3.97. The molecule has 2 heterocycles. The van der Waals surface area contributed by atoms with E-state index < -0.39 is 23.8 Å². The van der Waals surface area contributed by atoms with Crippen molar-refractivity contribution in [3.63, 3.8) is 0 Å². The van der Waals surface area contributed by atoms with Gasteiger partial charge in [0.15, 0.2) is 0 Å². The highest BCUT2D eigenvalue weighted by atomic mass is 16.5. The van der Waals surface area contributed by atoms with Crippen molar-refractivity contribution in [2.45, 2.75) is 31.6 Å². The first-order valence-electron chi connectivity index (χ1n) is 9.20. The summed E-state index contributed by atoms with van der Waals surface area (Å²) in [7, 11) is 0. The smallest absolute Gasteiger partial charge is 0.319 e. The molecule has 0 saturated carbocycles. The normalized spacial score (nSPS) is 19.1. The molecule has 152 valence electrons. The molecule has 4 rings (SSSR count). The number of hydrogen-bond donors (Lipinski definition) is 4. The number of urea groups is 1. The van der Waals surface area contributed by atoms with Crippen LogP contribution in [0.3, 0.4) is 0 Å². The first-order chi connectivity index (χ1) is 14.4. The number of carbonyl (C=O) groups excluding carboxylic acids is 1. The van der Waals surface area contributed by atoms with Gasteiger partial charge >= 0.3 is 6.03 Å². The zero-order valence-corrected chi connectivity index (χ0v) is 16.2. The van der Waals surface area contributed by atoms with E-state index in [1.165, 1.54) is 0 Å². The fourth-order valence-corrected chi connectivity index (χ4v) is 3.32. The molecule has 30 heavy (non-hydrogen) atoms. The molecule has 1 aliphatic rings. The van der Waals surface area contributed by atoms with Gasteiger partial charge in [-0.2, -0.15) is 10.5 Å². The summed E-state index contributed by atoms with van der Waals surface area (Å²) in [6.45, 7) is 3.48. The zero-order valence-electron chi connectivity index (χ0n) is 16.2. The molecule has 0 saturated heterocycles. The maximum absolute atomic E-state index is 12.6. The van der Waals surface area contributed by atoms with E-state index in [4.69, 9.17) is 4.74 Å². The largest absolute Gasteiger partial charge is 0.485 e. The molecule has 0 aliphatic carbocycles. The maximum atomic E-state index is 12.6. The predicted octanol–water partition coefficient (Wildman–Crippen LogP) is 2.13. The number of fused-ring (bicyclic) bond motifs is 1. The number of aliphatic hydroxyl groups is 1. The second-order valence-corrected chi connectivity index (χ2v) is 7.40. The molecular formula is C20H19N7O3. The molecule has 0 radical (unpaired) electrons. The summed E-state index contributed by atoms with van der Waals surface area (Å²) >= 11 is 0. The van der Waals surface area contributed by atoms with Crippen LogP contribution in [0.5, 0.6) is 5.75 Å². The average molecular weight is 405 g/mol. The molecule has 2 atom stereocenters. The number of hydrogen-bond acceptors (Lipinski definition) is 7. The lowest BCUT2D eigenvalue weighted by Crippen LogP contribution is -2.54. The number of tetrazole rings is 1. The highest BCUT2D eigenvalue weighted by molar-refractivity contribution is 5.90. The minimum atomic E-state index is -1.02. The summed E-state index contributed by atoms with van der Waals surface area (Å²) in [5.74, 6) is 0.961. The van der Waals surface area contributed by atoms with E-state index in [2.05, 4.69) is 37.3 Å². The van der Waals surface area contributed by atoms with Crippen LogP contribution in [0.2, 0.25) is 0 Å². The third-order valence-corrected chi connectivity index (χ3v) is 4.91. The van der Waals surface area contributed by atoms with Gasteiger partial charge in [-0.15, -0.1) is 10.2 Å². The lowest BCUT2D eigenvalue weighted by molar-refractivity contribution is -0.0618. The number of nitriles is 1. The Kier molecular flexibility index (Phi) is 4.81. The van der Waals surface area contributed by atoms with E-state index >= 15 is 0 Å². The Morgan fingerprint density at radius 3 is 2.70 bits per heavy atom. The molecule has 4 N–H and O–H groups in total. The summed E-state index contributed by atoms with van der Waals surface area (Å²) in [5.41, 5.74) is 1.32. The summed E-state index contributed by atoms with van der Waals surface area (Å²) in [6.07, 6.45) is -1.02. The molecular weight excluding hydrogens is 386 g/mol. The molecule has 2 aromatic carbocycles. The van der Waals surface area contributed by atoms with Crippen molar-refractivity contribution in [2.24, 2.45) is 0 Å². The number of aromatic nitrogens is 4. The number of aliphatic hydroxyl groups excluding tert-OH is 1. The molecule has 10 nitrogen and oxygen atoms in total. The first kappa shape index (κ1) is 19.4. The van der Waals surface area contributed by atoms with Gasteiger partial charge in [-0.25, -0.2) is 4.79 Å². The van der Waals surface area contributed by atoms with Crippen LogP contribution in [0.25, 0.3) is 11.4 Å². The molecule has 0 bridgehead atoms. The number of nitrogens with one attached hydrogen (secondary N) is 3. The van der Waals surface area contributed by atoms with Crippen LogP contribution in [0.15, 0.2) is 42.5 Å². The Labute approximate surface area is 171 Å².